The standard InChI is InChI=1S/C20H26N4S/c1-3-16(20-5-4-12-25-20)7-6-15(2)18-13-24(22-21-18)19-14-23-10-8-17(19)9-11-23/h4-7,12-13,17,19H,3,8-11,14H2,1-2H3/b15-6+,16-7+. The smallest absolute Gasteiger partial charge is 0.108 e. The molecule has 0 N–H and O–H groups in total. The maximum absolute atomic E-state index is 4.46. The molecule has 0 radical (unpaired) electrons. The third-order valence-electron chi connectivity index (χ3n) is 5.63. The molecular weight excluding hydrogens is 328 g/mol. The first kappa shape index (κ1) is 16.7. The zero-order chi connectivity index (χ0) is 17.2. The van der Waals surface area contributed by atoms with Gasteiger partial charge in [0.1, 0.15) is 5.69 Å². The van der Waals surface area contributed by atoms with Gasteiger partial charge in [-0.25, -0.2) is 4.68 Å². The molecule has 4 nitrogen and oxygen atoms in total. The van der Waals surface area contributed by atoms with Gasteiger partial charge in [0.2, 0.25) is 0 Å². The Balaban J connectivity index is 1.51. The Kier molecular flexibility index (Phi) is 4.86. The van der Waals surface area contributed by atoms with E-state index in [1.165, 1.54) is 42.0 Å². The maximum atomic E-state index is 4.46. The minimum Gasteiger partial charge on any atom is -0.301 e. The van der Waals surface area contributed by atoms with Crippen LogP contribution in [0.1, 0.15) is 49.7 Å². The molecule has 5 heterocycles. The number of piperidine rings is 3. The maximum Gasteiger partial charge on any atom is 0.108 e. The highest BCUT2D eigenvalue weighted by Gasteiger charge is 2.35. The largest absolute Gasteiger partial charge is 0.301 e. The molecule has 0 saturated carbocycles. The summed E-state index contributed by atoms with van der Waals surface area (Å²) in [6.45, 7) is 7.99. The molecule has 2 aromatic rings. The first-order valence-electron chi connectivity index (χ1n) is 9.30. The summed E-state index contributed by atoms with van der Waals surface area (Å²) in [6.07, 6.45) is 10.2. The second kappa shape index (κ2) is 7.26. The van der Waals surface area contributed by atoms with Crippen LogP contribution in [-0.2, 0) is 0 Å². The Morgan fingerprint density at radius 3 is 2.80 bits per heavy atom. The van der Waals surface area contributed by atoms with E-state index in [2.05, 4.69) is 69.6 Å². The second-order valence-corrected chi connectivity index (χ2v) is 8.11. The van der Waals surface area contributed by atoms with Gasteiger partial charge in [-0.05, 0) is 67.8 Å². The van der Waals surface area contributed by atoms with Gasteiger partial charge in [-0.1, -0.05) is 30.4 Å². The summed E-state index contributed by atoms with van der Waals surface area (Å²) in [7, 11) is 0. The molecule has 3 fully saturated rings. The van der Waals surface area contributed by atoms with Crippen LogP contribution in [0.3, 0.4) is 0 Å². The van der Waals surface area contributed by atoms with Gasteiger partial charge >= 0.3 is 0 Å². The first-order chi connectivity index (χ1) is 12.2. The molecule has 132 valence electrons. The number of aromatic nitrogens is 3. The number of thiophene rings is 1. The molecule has 0 spiro atoms. The lowest BCUT2D eigenvalue weighted by atomic mass is 9.84. The van der Waals surface area contributed by atoms with Gasteiger partial charge in [-0.3, -0.25) is 0 Å². The monoisotopic (exact) mass is 354 g/mol. The van der Waals surface area contributed by atoms with Crippen molar-refractivity contribution in [3.8, 4) is 0 Å². The zero-order valence-corrected chi connectivity index (χ0v) is 15.9. The summed E-state index contributed by atoms with van der Waals surface area (Å²) in [6, 6.07) is 4.80. The van der Waals surface area contributed by atoms with Gasteiger partial charge in [0.25, 0.3) is 0 Å². The third-order valence-corrected chi connectivity index (χ3v) is 6.57. The van der Waals surface area contributed by atoms with Gasteiger partial charge in [0.05, 0.1) is 12.2 Å². The van der Waals surface area contributed by atoms with Crippen LogP contribution in [0.4, 0.5) is 0 Å². The van der Waals surface area contributed by atoms with Crippen molar-refractivity contribution >= 4 is 22.5 Å². The van der Waals surface area contributed by atoms with E-state index in [-0.39, 0.29) is 0 Å². The van der Waals surface area contributed by atoms with Crippen molar-refractivity contribution in [2.75, 3.05) is 19.6 Å². The van der Waals surface area contributed by atoms with Crippen LogP contribution >= 0.6 is 11.3 Å². The number of hydrogen-bond donors (Lipinski definition) is 0. The van der Waals surface area contributed by atoms with Crippen molar-refractivity contribution in [2.24, 2.45) is 5.92 Å². The fourth-order valence-corrected chi connectivity index (χ4v) is 4.82. The van der Waals surface area contributed by atoms with Gasteiger partial charge in [0, 0.05) is 11.4 Å². The number of hydrogen-bond acceptors (Lipinski definition) is 4. The van der Waals surface area contributed by atoms with E-state index in [9.17, 15) is 0 Å². The highest BCUT2D eigenvalue weighted by atomic mass is 32.1. The third kappa shape index (κ3) is 3.48. The fraction of sp³-hybridized carbons (Fsp3) is 0.500. The highest BCUT2D eigenvalue weighted by Crippen LogP contribution is 2.35. The van der Waals surface area contributed by atoms with Crippen LogP contribution in [0.2, 0.25) is 0 Å². The Morgan fingerprint density at radius 1 is 1.32 bits per heavy atom. The summed E-state index contributed by atoms with van der Waals surface area (Å²) < 4.78 is 2.12. The molecule has 0 aliphatic carbocycles. The number of fused-ring (bicyclic) bond motifs is 3. The first-order valence-corrected chi connectivity index (χ1v) is 10.2. The minimum atomic E-state index is 0.504. The summed E-state index contributed by atoms with van der Waals surface area (Å²) >= 11 is 1.80. The van der Waals surface area contributed by atoms with Gasteiger partial charge < -0.3 is 4.90 Å². The highest BCUT2D eigenvalue weighted by molar-refractivity contribution is 7.11. The van der Waals surface area contributed by atoms with Crippen LogP contribution in [-0.4, -0.2) is 39.5 Å². The number of nitrogens with zero attached hydrogens (tertiary/aromatic N) is 4. The summed E-state index contributed by atoms with van der Waals surface area (Å²) in [4.78, 5) is 3.91. The molecule has 3 aliphatic rings. The molecule has 1 unspecified atom stereocenters. The van der Waals surface area contributed by atoms with E-state index < -0.39 is 0 Å². The molecule has 5 rings (SSSR count). The molecule has 25 heavy (non-hydrogen) atoms. The topological polar surface area (TPSA) is 34.0 Å². The lowest BCUT2D eigenvalue weighted by Gasteiger charge is -2.44. The Morgan fingerprint density at radius 2 is 2.16 bits per heavy atom. The SMILES string of the molecule is CC/C(=C\C=C(/C)c1cn(C2CN3CCC2CC3)nn1)c1cccs1. The predicted molar refractivity (Wildman–Crippen MR) is 104 cm³/mol. The quantitative estimate of drug-likeness (QED) is 0.741. The van der Waals surface area contributed by atoms with E-state index in [0.29, 0.717) is 6.04 Å². The number of allylic oxidation sites excluding steroid dienone is 4. The Hall–Kier alpha value is -1.72. The van der Waals surface area contributed by atoms with Crippen molar-refractivity contribution < 1.29 is 0 Å². The predicted octanol–water partition coefficient (Wildman–Crippen LogP) is 4.50. The molecule has 1 atom stereocenters. The van der Waals surface area contributed by atoms with Crippen molar-refractivity contribution in [2.45, 2.75) is 39.2 Å². The van der Waals surface area contributed by atoms with Crippen LogP contribution in [0.5, 0.6) is 0 Å². The molecule has 0 amide bonds. The van der Waals surface area contributed by atoms with Crippen molar-refractivity contribution in [3.63, 3.8) is 0 Å². The molecular formula is C20H26N4S. The van der Waals surface area contributed by atoms with Crippen molar-refractivity contribution in [3.05, 3.63) is 46.4 Å². The van der Waals surface area contributed by atoms with Gasteiger partial charge in [0.15, 0.2) is 0 Å². The Labute approximate surface area is 153 Å². The van der Waals surface area contributed by atoms with Crippen molar-refractivity contribution in [1.29, 1.82) is 0 Å². The lowest BCUT2D eigenvalue weighted by molar-refractivity contribution is 0.0504. The van der Waals surface area contributed by atoms with E-state index in [1.807, 2.05) is 0 Å². The molecule has 0 aromatic carbocycles. The Bertz CT molecular complexity index is 763. The summed E-state index contributed by atoms with van der Waals surface area (Å²) in [5.41, 5.74) is 3.54. The fourth-order valence-electron chi connectivity index (χ4n) is 4.00. The molecule has 2 aromatic heterocycles. The average molecular weight is 355 g/mol. The van der Waals surface area contributed by atoms with E-state index in [1.54, 1.807) is 11.3 Å². The van der Waals surface area contributed by atoms with Crippen LogP contribution in [0.15, 0.2) is 35.9 Å². The number of rotatable bonds is 5. The van der Waals surface area contributed by atoms with Crippen LogP contribution in [0, 0.1) is 5.92 Å². The minimum absolute atomic E-state index is 0.504. The summed E-state index contributed by atoms with van der Waals surface area (Å²) in [5.74, 6) is 0.772. The molecule has 2 bridgehead atoms. The molecule has 5 heteroatoms. The normalized spacial score (nSPS) is 27.0. The van der Waals surface area contributed by atoms with E-state index in [4.69, 9.17) is 0 Å². The average Bonchev–Trinajstić information content (AvgIpc) is 3.35. The lowest BCUT2D eigenvalue weighted by Crippen LogP contribution is -2.48. The second-order valence-electron chi connectivity index (χ2n) is 7.16. The summed E-state index contributed by atoms with van der Waals surface area (Å²) in [5, 5.41) is 11.0. The van der Waals surface area contributed by atoms with Crippen molar-refractivity contribution in [1.82, 2.24) is 19.9 Å². The molecule has 3 saturated heterocycles. The zero-order valence-electron chi connectivity index (χ0n) is 15.1. The van der Waals surface area contributed by atoms with E-state index >= 15 is 0 Å². The van der Waals surface area contributed by atoms with Gasteiger partial charge in [-0.15, -0.1) is 16.4 Å². The van der Waals surface area contributed by atoms with E-state index in [0.717, 1.165) is 24.6 Å². The van der Waals surface area contributed by atoms with Crippen LogP contribution < -0.4 is 0 Å². The van der Waals surface area contributed by atoms with Crippen LogP contribution in [0.25, 0.3) is 11.1 Å². The van der Waals surface area contributed by atoms with Gasteiger partial charge in [-0.2, -0.15) is 0 Å². The molecule has 3 aliphatic heterocycles.